The van der Waals surface area contributed by atoms with Crippen molar-refractivity contribution in [3.05, 3.63) is 58.7 Å². The van der Waals surface area contributed by atoms with Crippen molar-refractivity contribution in [3.63, 3.8) is 0 Å². The summed E-state index contributed by atoms with van der Waals surface area (Å²) < 4.78 is 34.3. The fourth-order valence-corrected chi connectivity index (χ4v) is 7.26. The van der Waals surface area contributed by atoms with Gasteiger partial charge >= 0.3 is 5.97 Å². The van der Waals surface area contributed by atoms with Crippen LogP contribution in [0.15, 0.2) is 36.4 Å². The van der Waals surface area contributed by atoms with E-state index in [1.165, 1.54) is 19.3 Å². The molecule has 2 aromatic rings. The third-order valence-electron chi connectivity index (χ3n) is 8.74. The first-order valence-electron chi connectivity index (χ1n) is 14.4. The Bertz CT molecular complexity index is 1230. The Morgan fingerprint density at radius 3 is 2.22 bits per heavy atom. The first kappa shape index (κ1) is 29.4. The summed E-state index contributed by atoms with van der Waals surface area (Å²) >= 11 is 0. The molecule has 0 spiro atoms. The molecule has 4 fully saturated rings. The van der Waals surface area contributed by atoms with Gasteiger partial charge in [0.2, 0.25) is 0 Å². The van der Waals surface area contributed by atoms with E-state index in [0.717, 1.165) is 30.4 Å². The quantitative estimate of drug-likeness (QED) is 0.191. The standard InChI is InChI=1S/C33H40O8/c1-22(37-3)39-21-41-31-29(33-17-24-13-25(18-33)15-26(14-24)19-33)16-28(32(34)35)27(10-9-23-7-5-4-6-8-23)30(31)40-20-38-12-11-36-2/h4-8,16,22,24-26H,11-15,17-21H2,1-3H3,(H,34,35). The van der Waals surface area contributed by atoms with Crippen LogP contribution in [0.25, 0.3) is 0 Å². The molecule has 0 radical (unpaired) electrons. The highest BCUT2D eigenvalue weighted by atomic mass is 16.7. The first-order valence-corrected chi connectivity index (χ1v) is 14.4. The molecule has 6 rings (SSSR count). The van der Waals surface area contributed by atoms with Crippen molar-refractivity contribution in [3.8, 4) is 23.3 Å². The average Bonchev–Trinajstić information content (AvgIpc) is 2.95. The Morgan fingerprint density at radius 2 is 1.61 bits per heavy atom. The second-order valence-electron chi connectivity index (χ2n) is 11.5. The maximum absolute atomic E-state index is 12.8. The number of hydrogen-bond acceptors (Lipinski definition) is 7. The summed E-state index contributed by atoms with van der Waals surface area (Å²) in [5.41, 5.74) is 1.81. The number of methoxy groups -OCH3 is 2. The maximum atomic E-state index is 12.8. The second-order valence-corrected chi connectivity index (χ2v) is 11.5. The molecule has 0 amide bonds. The molecule has 41 heavy (non-hydrogen) atoms. The van der Waals surface area contributed by atoms with E-state index in [1.54, 1.807) is 27.2 Å². The normalized spacial score (nSPS) is 24.9. The summed E-state index contributed by atoms with van der Waals surface area (Å²) in [6.07, 6.45) is 6.34. The van der Waals surface area contributed by atoms with Crippen LogP contribution in [0.1, 0.15) is 72.5 Å². The molecule has 8 nitrogen and oxygen atoms in total. The van der Waals surface area contributed by atoms with E-state index < -0.39 is 12.3 Å². The van der Waals surface area contributed by atoms with Crippen LogP contribution in [0.2, 0.25) is 0 Å². The highest BCUT2D eigenvalue weighted by molar-refractivity contribution is 5.93. The molecule has 0 aliphatic heterocycles. The highest BCUT2D eigenvalue weighted by Gasteiger charge is 2.53. The molecular formula is C33H40O8. The van der Waals surface area contributed by atoms with Crippen LogP contribution in [0.4, 0.5) is 0 Å². The van der Waals surface area contributed by atoms with Gasteiger partial charge in [-0.3, -0.25) is 0 Å². The Labute approximate surface area is 242 Å². The minimum absolute atomic E-state index is 0.0900. The molecule has 220 valence electrons. The molecule has 1 unspecified atom stereocenters. The van der Waals surface area contributed by atoms with E-state index in [-0.39, 0.29) is 35.9 Å². The summed E-state index contributed by atoms with van der Waals surface area (Å²) in [5, 5.41) is 10.5. The van der Waals surface area contributed by atoms with Gasteiger partial charge in [0, 0.05) is 25.3 Å². The zero-order valence-electron chi connectivity index (χ0n) is 24.1. The molecule has 4 bridgehead atoms. The summed E-state index contributed by atoms with van der Waals surface area (Å²) in [4.78, 5) is 12.8. The molecule has 4 aliphatic carbocycles. The van der Waals surface area contributed by atoms with Crippen molar-refractivity contribution in [1.29, 1.82) is 0 Å². The van der Waals surface area contributed by atoms with Gasteiger partial charge in [-0.25, -0.2) is 4.79 Å². The van der Waals surface area contributed by atoms with Gasteiger partial charge in [0.25, 0.3) is 0 Å². The van der Waals surface area contributed by atoms with Gasteiger partial charge in [-0.05, 0) is 86.8 Å². The van der Waals surface area contributed by atoms with E-state index in [9.17, 15) is 9.90 Å². The molecule has 2 aromatic carbocycles. The lowest BCUT2D eigenvalue weighted by Gasteiger charge is -2.57. The van der Waals surface area contributed by atoms with Crippen LogP contribution in [0.3, 0.4) is 0 Å². The second kappa shape index (κ2) is 13.3. The largest absolute Gasteiger partial charge is 0.478 e. The summed E-state index contributed by atoms with van der Waals surface area (Å²) in [7, 11) is 3.17. The molecule has 8 heteroatoms. The Balaban J connectivity index is 1.64. The van der Waals surface area contributed by atoms with Crippen LogP contribution in [0.5, 0.6) is 11.5 Å². The van der Waals surface area contributed by atoms with Crippen molar-refractivity contribution < 1.29 is 38.3 Å². The van der Waals surface area contributed by atoms with Gasteiger partial charge in [-0.2, -0.15) is 0 Å². The number of carbonyl (C=O) groups is 1. The molecule has 1 N–H and O–H groups in total. The third-order valence-corrected chi connectivity index (χ3v) is 8.74. The predicted octanol–water partition coefficient (Wildman–Crippen LogP) is 5.60. The molecule has 4 aliphatic rings. The smallest absolute Gasteiger partial charge is 0.337 e. The number of hydrogen-bond donors (Lipinski definition) is 1. The van der Waals surface area contributed by atoms with Crippen molar-refractivity contribution in [2.75, 3.05) is 41.0 Å². The van der Waals surface area contributed by atoms with E-state index in [2.05, 4.69) is 11.8 Å². The van der Waals surface area contributed by atoms with E-state index in [1.807, 2.05) is 30.3 Å². The van der Waals surface area contributed by atoms with Crippen LogP contribution in [0, 0.1) is 29.6 Å². The van der Waals surface area contributed by atoms with E-state index >= 15 is 0 Å². The van der Waals surface area contributed by atoms with Crippen LogP contribution in [-0.2, 0) is 24.4 Å². The number of carboxylic acids is 1. The molecule has 0 heterocycles. The monoisotopic (exact) mass is 564 g/mol. The van der Waals surface area contributed by atoms with Gasteiger partial charge in [0.15, 0.2) is 31.4 Å². The first-order chi connectivity index (χ1) is 19.9. The molecule has 0 aromatic heterocycles. The molecule has 1 atom stereocenters. The third kappa shape index (κ3) is 6.70. The van der Waals surface area contributed by atoms with Gasteiger partial charge in [-0.1, -0.05) is 30.0 Å². The average molecular weight is 565 g/mol. The lowest BCUT2D eigenvalue weighted by molar-refractivity contribution is -0.150. The Kier molecular flexibility index (Phi) is 9.51. The fourth-order valence-electron chi connectivity index (χ4n) is 7.26. The van der Waals surface area contributed by atoms with Crippen LogP contribution < -0.4 is 9.47 Å². The zero-order valence-corrected chi connectivity index (χ0v) is 24.1. The number of benzene rings is 2. The van der Waals surface area contributed by atoms with Crippen molar-refractivity contribution in [2.45, 2.75) is 57.2 Å². The maximum Gasteiger partial charge on any atom is 0.337 e. The lowest BCUT2D eigenvalue weighted by atomic mass is 9.48. The van der Waals surface area contributed by atoms with Crippen molar-refractivity contribution in [2.24, 2.45) is 17.8 Å². The minimum Gasteiger partial charge on any atom is -0.478 e. The fraction of sp³-hybridized carbons (Fsp3) is 0.545. The van der Waals surface area contributed by atoms with Gasteiger partial charge in [-0.15, -0.1) is 0 Å². The summed E-state index contributed by atoms with van der Waals surface area (Å²) in [6.45, 7) is 2.32. The van der Waals surface area contributed by atoms with Crippen molar-refractivity contribution in [1.82, 2.24) is 0 Å². The number of carboxylic acid groups (broad SMARTS) is 1. The summed E-state index contributed by atoms with van der Waals surface area (Å²) in [6, 6.07) is 11.2. The molecular weight excluding hydrogens is 524 g/mol. The van der Waals surface area contributed by atoms with Gasteiger partial charge < -0.3 is 33.5 Å². The Hall–Kier alpha value is -3.09. The van der Waals surface area contributed by atoms with Crippen molar-refractivity contribution >= 4 is 5.97 Å². The topological polar surface area (TPSA) is 92.7 Å². The lowest BCUT2D eigenvalue weighted by Crippen LogP contribution is -2.48. The van der Waals surface area contributed by atoms with Gasteiger partial charge in [0.1, 0.15) is 0 Å². The van der Waals surface area contributed by atoms with Crippen LogP contribution in [-0.4, -0.2) is 58.4 Å². The van der Waals surface area contributed by atoms with Crippen LogP contribution >= 0.6 is 0 Å². The van der Waals surface area contributed by atoms with E-state index in [0.29, 0.717) is 36.7 Å². The molecule has 4 saturated carbocycles. The number of rotatable bonds is 13. The Morgan fingerprint density at radius 1 is 0.951 bits per heavy atom. The zero-order chi connectivity index (χ0) is 28.8. The number of ether oxygens (including phenoxy) is 6. The number of aromatic carboxylic acids is 1. The highest BCUT2D eigenvalue weighted by Crippen LogP contribution is 2.63. The summed E-state index contributed by atoms with van der Waals surface area (Å²) in [5.74, 6) is 7.84. The SMILES string of the molecule is COCCOCOc1c(C#Cc2ccccc2)c(C(=O)O)cc(C23CC4CC(CC(C4)C2)C3)c1OCOC(C)OC. The van der Waals surface area contributed by atoms with Gasteiger partial charge in [0.05, 0.1) is 24.3 Å². The minimum atomic E-state index is -1.06. The molecule has 0 saturated heterocycles. The van der Waals surface area contributed by atoms with E-state index in [4.69, 9.17) is 28.4 Å². The predicted molar refractivity (Wildman–Crippen MR) is 152 cm³/mol.